The lowest BCUT2D eigenvalue weighted by Gasteiger charge is -2.03. The van der Waals surface area contributed by atoms with E-state index in [1.165, 1.54) is 11.3 Å². The molecular formula is C16H20N2O2S. The Kier molecular flexibility index (Phi) is 5.36. The van der Waals surface area contributed by atoms with Gasteiger partial charge in [0.25, 0.3) is 5.91 Å². The molecule has 0 radical (unpaired) electrons. The molecule has 1 amide bonds. The van der Waals surface area contributed by atoms with Crippen LogP contribution in [0.2, 0.25) is 0 Å². The summed E-state index contributed by atoms with van der Waals surface area (Å²) in [4.78, 5) is 14.0. The Bertz CT molecular complexity index is 605. The van der Waals surface area contributed by atoms with Crippen LogP contribution in [0, 0.1) is 6.92 Å². The van der Waals surface area contributed by atoms with Crippen LogP contribution in [0.25, 0.3) is 11.1 Å². The topological polar surface area (TPSA) is 50.4 Å². The molecule has 1 heterocycles. The number of hydrogen-bond donors (Lipinski definition) is 2. The van der Waals surface area contributed by atoms with Crippen LogP contribution >= 0.6 is 11.3 Å². The monoisotopic (exact) mass is 304 g/mol. The number of carbonyl (C=O) groups excluding carboxylic acids is 1. The number of ether oxygens (including phenoxy) is 1. The van der Waals surface area contributed by atoms with Crippen molar-refractivity contribution >= 4 is 17.2 Å². The number of aryl methyl sites for hydroxylation is 1. The lowest BCUT2D eigenvalue weighted by molar-refractivity contribution is 0.0958. The molecule has 0 bridgehead atoms. The van der Waals surface area contributed by atoms with Crippen molar-refractivity contribution in [2.45, 2.75) is 6.92 Å². The van der Waals surface area contributed by atoms with Crippen LogP contribution in [0.4, 0.5) is 0 Å². The molecular weight excluding hydrogens is 284 g/mol. The van der Waals surface area contributed by atoms with Gasteiger partial charge in [-0.1, -0.05) is 12.1 Å². The molecule has 0 aliphatic heterocycles. The fourth-order valence-corrected chi connectivity index (χ4v) is 3.00. The first-order chi connectivity index (χ1) is 10.2. The predicted molar refractivity (Wildman–Crippen MR) is 87.3 cm³/mol. The number of benzene rings is 1. The van der Waals surface area contributed by atoms with Gasteiger partial charge in [0.1, 0.15) is 5.75 Å². The maximum atomic E-state index is 12.1. The van der Waals surface area contributed by atoms with Crippen LogP contribution in [0.15, 0.2) is 30.3 Å². The molecule has 0 fully saturated rings. The second kappa shape index (κ2) is 7.24. The molecule has 0 spiro atoms. The van der Waals surface area contributed by atoms with Crippen molar-refractivity contribution in [3.8, 4) is 16.9 Å². The number of carbonyl (C=O) groups is 1. The molecule has 0 unspecified atom stereocenters. The Morgan fingerprint density at radius 1 is 1.24 bits per heavy atom. The van der Waals surface area contributed by atoms with Crippen molar-refractivity contribution in [1.82, 2.24) is 10.6 Å². The first-order valence-corrected chi connectivity index (χ1v) is 7.65. The first-order valence-electron chi connectivity index (χ1n) is 6.83. The molecule has 21 heavy (non-hydrogen) atoms. The molecule has 5 heteroatoms. The van der Waals surface area contributed by atoms with Crippen molar-refractivity contribution in [3.05, 3.63) is 40.1 Å². The van der Waals surface area contributed by atoms with Crippen molar-refractivity contribution < 1.29 is 9.53 Å². The number of methoxy groups -OCH3 is 1. The lowest BCUT2D eigenvalue weighted by atomic mass is 10.1. The summed E-state index contributed by atoms with van der Waals surface area (Å²) < 4.78 is 5.17. The van der Waals surface area contributed by atoms with Crippen LogP contribution in [-0.4, -0.2) is 33.2 Å². The van der Waals surface area contributed by atoms with Crippen LogP contribution < -0.4 is 15.4 Å². The first kappa shape index (κ1) is 15.5. The Labute approximate surface area is 129 Å². The number of amides is 1. The van der Waals surface area contributed by atoms with E-state index < -0.39 is 0 Å². The standard InChI is InChI=1S/C16H20N2O2S/c1-11-14(12-4-6-13(20-3)7-5-12)10-15(21-11)16(19)18-9-8-17-2/h4-7,10,17H,8-9H2,1-3H3,(H,18,19). The third kappa shape index (κ3) is 3.83. The lowest BCUT2D eigenvalue weighted by Crippen LogP contribution is -2.29. The molecule has 0 atom stereocenters. The van der Waals surface area contributed by atoms with E-state index in [4.69, 9.17) is 4.74 Å². The van der Waals surface area contributed by atoms with Gasteiger partial charge in [-0.2, -0.15) is 0 Å². The van der Waals surface area contributed by atoms with Crippen LogP contribution in [0.5, 0.6) is 5.75 Å². The molecule has 112 valence electrons. The minimum atomic E-state index is -0.0156. The van der Waals surface area contributed by atoms with E-state index in [1.54, 1.807) is 7.11 Å². The maximum Gasteiger partial charge on any atom is 0.261 e. The smallest absolute Gasteiger partial charge is 0.261 e. The minimum absolute atomic E-state index is 0.0156. The van der Waals surface area contributed by atoms with Crippen LogP contribution in [0.3, 0.4) is 0 Å². The summed E-state index contributed by atoms with van der Waals surface area (Å²) in [5, 5.41) is 5.90. The number of likely N-dealkylation sites (N-methyl/N-ethyl adjacent to an activating group) is 1. The largest absolute Gasteiger partial charge is 0.497 e. The zero-order valence-electron chi connectivity index (χ0n) is 12.5. The number of nitrogens with one attached hydrogen (secondary N) is 2. The average Bonchev–Trinajstić information content (AvgIpc) is 2.89. The highest BCUT2D eigenvalue weighted by atomic mass is 32.1. The highest BCUT2D eigenvalue weighted by Crippen LogP contribution is 2.31. The normalized spacial score (nSPS) is 10.4. The predicted octanol–water partition coefficient (Wildman–Crippen LogP) is 2.68. The van der Waals surface area contributed by atoms with Gasteiger partial charge >= 0.3 is 0 Å². The molecule has 0 saturated heterocycles. The van der Waals surface area contributed by atoms with Crippen molar-refractivity contribution in [2.24, 2.45) is 0 Å². The second-order valence-electron chi connectivity index (χ2n) is 4.67. The quantitative estimate of drug-likeness (QED) is 0.807. The second-order valence-corrected chi connectivity index (χ2v) is 5.92. The fraction of sp³-hybridized carbons (Fsp3) is 0.312. The van der Waals surface area contributed by atoms with Crippen molar-refractivity contribution in [2.75, 3.05) is 27.2 Å². The number of thiophene rings is 1. The summed E-state index contributed by atoms with van der Waals surface area (Å²) in [6, 6.07) is 9.84. The fourth-order valence-electron chi connectivity index (χ4n) is 2.04. The minimum Gasteiger partial charge on any atom is -0.497 e. The van der Waals surface area contributed by atoms with E-state index in [9.17, 15) is 4.79 Å². The van der Waals surface area contributed by atoms with Gasteiger partial charge in [-0.25, -0.2) is 0 Å². The molecule has 0 aliphatic rings. The van der Waals surface area contributed by atoms with E-state index in [2.05, 4.69) is 10.6 Å². The Balaban J connectivity index is 2.16. The highest BCUT2D eigenvalue weighted by molar-refractivity contribution is 7.14. The number of rotatable bonds is 6. The van der Waals surface area contributed by atoms with Gasteiger partial charge in [0.15, 0.2) is 0 Å². The molecule has 2 rings (SSSR count). The molecule has 2 N–H and O–H groups in total. The van der Waals surface area contributed by atoms with Gasteiger partial charge in [-0.15, -0.1) is 11.3 Å². The van der Waals surface area contributed by atoms with Crippen molar-refractivity contribution in [1.29, 1.82) is 0 Å². The zero-order valence-corrected chi connectivity index (χ0v) is 13.3. The van der Waals surface area contributed by atoms with E-state index in [-0.39, 0.29) is 5.91 Å². The van der Waals surface area contributed by atoms with E-state index in [1.807, 2.05) is 44.3 Å². The van der Waals surface area contributed by atoms with Gasteiger partial charge in [0, 0.05) is 18.0 Å². The van der Waals surface area contributed by atoms with Gasteiger partial charge in [-0.05, 0) is 43.3 Å². The van der Waals surface area contributed by atoms with E-state index >= 15 is 0 Å². The van der Waals surface area contributed by atoms with Crippen molar-refractivity contribution in [3.63, 3.8) is 0 Å². The van der Waals surface area contributed by atoms with Gasteiger partial charge in [0.05, 0.1) is 12.0 Å². The molecule has 4 nitrogen and oxygen atoms in total. The zero-order chi connectivity index (χ0) is 15.2. The van der Waals surface area contributed by atoms with E-state index in [0.29, 0.717) is 6.54 Å². The summed E-state index contributed by atoms with van der Waals surface area (Å²) in [5.74, 6) is 0.815. The Morgan fingerprint density at radius 2 is 1.95 bits per heavy atom. The third-order valence-corrected chi connectivity index (χ3v) is 4.25. The summed E-state index contributed by atoms with van der Waals surface area (Å²) in [6.45, 7) is 3.43. The average molecular weight is 304 g/mol. The highest BCUT2D eigenvalue weighted by Gasteiger charge is 2.13. The van der Waals surface area contributed by atoms with Gasteiger partial charge in [0.2, 0.25) is 0 Å². The summed E-state index contributed by atoms with van der Waals surface area (Å²) in [7, 11) is 3.52. The third-order valence-electron chi connectivity index (χ3n) is 3.20. The Hall–Kier alpha value is -1.85. The van der Waals surface area contributed by atoms with E-state index in [0.717, 1.165) is 33.2 Å². The molecule has 1 aromatic heterocycles. The Morgan fingerprint density at radius 3 is 2.57 bits per heavy atom. The summed E-state index contributed by atoms with van der Waals surface area (Å²) >= 11 is 1.52. The maximum absolute atomic E-state index is 12.1. The summed E-state index contributed by atoms with van der Waals surface area (Å²) in [5.41, 5.74) is 2.19. The van der Waals surface area contributed by atoms with Crippen LogP contribution in [0.1, 0.15) is 14.5 Å². The van der Waals surface area contributed by atoms with Gasteiger partial charge in [-0.3, -0.25) is 4.79 Å². The molecule has 2 aromatic rings. The van der Waals surface area contributed by atoms with Gasteiger partial charge < -0.3 is 15.4 Å². The SMILES string of the molecule is CNCCNC(=O)c1cc(-c2ccc(OC)cc2)c(C)s1. The molecule has 1 aromatic carbocycles. The molecule has 0 saturated carbocycles. The summed E-state index contributed by atoms with van der Waals surface area (Å²) in [6.07, 6.45) is 0. The van der Waals surface area contributed by atoms with Crippen LogP contribution in [-0.2, 0) is 0 Å². The number of hydrogen-bond acceptors (Lipinski definition) is 4. The molecule has 0 aliphatic carbocycles.